The first kappa shape index (κ1) is 21.0. The van der Waals surface area contributed by atoms with Crippen LogP contribution in [0.15, 0.2) is 47.8 Å². The second kappa shape index (κ2) is 9.69. The van der Waals surface area contributed by atoms with Gasteiger partial charge >= 0.3 is 0 Å². The zero-order valence-electron chi connectivity index (χ0n) is 14.9. The maximum atomic E-state index is 11.9. The van der Waals surface area contributed by atoms with Crippen molar-refractivity contribution in [2.75, 3.05) is 13.2 Å². The van der Waals surface area contributed by atoms with E-state index in [0.29, 0.717) is 28.8 Å². The molecule has 0 radical (unpaired) electrons. The molecule has 10 heteroatoms. The Morgan fingerprint density at radius 3 is 2.66 bits per heavy atom. The van der Waals surface area contributed by atoms with Crippen molar-refractivity contribution in [1.82, 2.24) is 10.3 Å². The van der Waals surface area contributed by atoms with Gasteiger partial charge in [-0.05, 0) is 30.3 Å². The van der Waals surface area contributed by atoms with Crippen molar-refractivity contribution in [2.24, 2.45) is 0 Å². The maximum absolute atomic E-state index is 11.9. The quantitative estimate of drug-likeness (QED) is 0.393. The predicted octanol–water partition coefficient (Wildman–Crippen LogP) is 4.76. The van der Waals surface area contributed by atoms with Crippen LogP contribution in [0.4, 0.5) is 5.69 Å². The first-order valence-corrected chi connectivity index (χ1v) is 10.1. The van der Waals surface area contributed by atoms with Crippen molar-refractivity contribution in [3.8, 4) is 17.0 Å². The molecule has 3 rings (SSSR count). The number of carbonyl (C=O) groups excluding carboxylic acids is 1. The largest absolute Gasteiger partial charge is 0.482 e. The SMILES string of the molecule is O=C(COc1ccc(Cl)cc1Cl)NCCc1nc(-c2ccc([N+](=O)[O-])cc2)cs1. The number of amides is 1. The van der Waals surface area contributed by atoms with E-state index in [1.54, 1.807) is 30.3 Å². The van der Waals surface area contributed by atoms with Gasteiger partial charge in [0.15, 0.2) is 6.61 Å². The van der Waals surface area contributed by atoms with Crippen molar-refractivity contribution in [1.29, 1.82) is 0 Å². The van der Waals surface area contributed by atoms with Gasteiger partial charge in [0.25, 0.3) is 11.6 Å². The highest BCUT2D eigenvalue weighted by molar-refractivity contribution is 7.09. The Hall–Kier alpha value is -2.68. The van der Waals surface area contributed by atoms with Gasteiger partial charge in [0.1, 0.15) is 5.75 Å². The summed E-state index contributed by atoms with van der Waals surface area (Å²) in [5, 5.41) is 17.0. The molecule has 29 heavy (non-hydrogen) atoms. The maximum Gasteiger partial charge on any atom is 0.269 e. The number of carbonyl (C=O) groups is 1. The van der Waals surface area contributed by atoms with Gasteiger partial charge in [-0.3, -0.25) is 14.9 Å². The molecule has 3 aromatic rings. The highest BCUT2D eigenvalue weighted by Crippen LogP contribution is 2.27. The third-order valence-electron chi connectivity index (χ3n) is 3.84. The summed E-state index contributed by atoms with van der Waals surface area (Å²) in [6.45, 7) is 0.247. The van der Waals surface area contributed by atoms with Gasteiger partial charge in [-0.15, -0.1) is 11.3 Å². The summed E-state index contributed by atoms with van der Waals surface area (Å²) < 4.78 is 5.38. The fourth-order valence-electron chi connectivity index (χ4n) is 2.41. The topological polar surface area (TPSA) is 94.4 Å². The number of aromatic nitrogens is 1. The minimum Gasteiger partial charge on any atom is -0.482 e. The van der Waals surface area contributed by atoms with E-state index in [2.05, 4.69) is 10.3 Å². The van der Waals surface area contributed by atoms with Crippen LogP contribution in [-0.4, -0.2) is 29.0 Å². The van der Waals surface area contributed by atoms with Gasteiger partial charge in [0, 0.05) is 41.1 Å². The summed E-state index contributed by atoms with van der Waals surface area (Å²) in [6, 6.07) is 11.0. The van der Waals surface area contributed by atoms with E-state index in [1.807, 2.05) is 5.38 Å². The molecule has 2 aromatic carbocycles. The fraction of sp³-hybridized carbons (Fsp3) is 0.158. The molecule has 1 amide bonds. The van der Waals surface area contributed by atoms with Crippen molar-refractivity contribution in [3.63, 3.8) is 0 Å². The highest BCUT2D eigenvalue weighted by Gasteiger charge is 2.10. The Balaban J connectivity index is 1.46. The molecule has 0 fully saturated rings. The number of ether oxygens (including phenoxy) is 1. The number of hydrogen-bond acceptors (Lipinski definition) is 6. The molecule has 0 aliphatic carbocycles. The lowest BCUT2D eigenvalue weighted by Crippen LogP contribution is -2.30. The number of nitrogens with zero attached hydrogens (tertiary/aromatic N) is 2. The summed E-state index contributed by atoms with van der Waals surface area (Å²) in [5.74, 6) is 0.113. The standard InChI is InChI=1S/C19H15Cl2N3O4S/c20-13-3-6-17(15(21)9-13)28-10-18(25)22-8-7-19-23-16(11-29-19)12-1-4-14(5-2-12)24(26)27/h1-6,9,11H,7-8,10H2,(H,22,25). The van der Waals surface area contributed by atoms with Gasteiger partial charge in [-0.1, -0.05) is 23.2 Å². The smallest absolute Gasteiger partial charge is 0.269 e. The van der Waals surface area contributed by atoms with Crippen molar-refractivity contribution < 1.29 is 14.5 Å². The van der Waals surface area contributed by atoms with E-state index in [4.69, 9.17) is 27.9 Å². The third kappa shape index (κ3) is 5.90. The van der Waals surface area contributed by atoms with Gasteiger partial charge in [0.05, 0.1) is 20.6 Å². The molecule has 150 valence electrons. The number of rotatable bonds is 8. The monoisotopic (exact) mass is 451 g/mol. The average Bonchev–Trinajstić information content (AvgIpc) is 3.16. The number of non-ortho nitro benzene ring substituents is 1. The number of nitro benzene ring substituents is 1. The van der Waals surface area contributed by atoms with Gasteiger partial charge in [-0.2, -0.15) is 0 Å². The number of nitro groups is 1. The molecule has 7 nitrogen and oxygen atoms in total. The second-order valence-corrected chi connectivity index (χ2v) is 7.68. The molecule has 1 N–H and O–H groups in total. The lowest BCUT2D eigenvalue weighted by molar-refractivity contribution is -0.384. The minimum atomic E-state index is -0.441. The fourth-order valence-corrected chi connectivity index (χ4v) is 3.68. The molecule has 0 saturated carbocycles. The van der Waals surface area contributed by atoms with E-state index < -0.39 is 4.92 Å². The molecule has 0 spiro atoms. The summed E-state index contributed by atoms with van der Waals surface area (Å²) in [5.41, 5.74) is 1.58. The van der Waals surface area contributed by atoms with E-state index in [-0.39, 0.29) is 18.2 Å². The van der Waals surface area contributed by atoms with Crippen LogP contribution in [0.1, 0.15) is 5.01 Å². The third-order valence-corrected chi connectivity index (χ3v) is 5.28. The second-order valence-electron chi connectivity index (χ2n) is 5.89. The Bertz CT molecular complexity index is 1020. The van der Waals surface area contributed by atoms with Crippen LogP contribution >= 0.6 is 34.5 Å². The van der Waals surface area contributed by atoms with Crippen LogP contribution in [0.2, 0.25) is 10.0 Å². The number of halogens is 2. The highest BCUT2D eigenvalue weighted by atomic mass is 35.5. The summed E-state index contributed by atoms with van der Waals surface area (Å²) in [4.78, 5) is 26.7. The molecule has 0 unspecified atom stereocenters. The molecular weight excluding hydrogens is 437 g/mol. The first-order valence-electron chi connectivity index (χ1n) is 8.46. The molecule has 0 atom stereocenters. The van der Waals surface area contributed by atoms with Crippen molar-refractivity contribution in [2.45, 2.75) is 6.42 Å². The molecule has 0 bridgehead atoms. The van der Waals surface area contributed by atoms with Crippen LogP contribution in [0.3, 0.4) is 0 Å². The molecule has 1 heterocycles. The van der Waals surface area contributed by atoms with Crippen molar-refractivity contribution >= 4 is 46.1 Å². The van der Waals surface area contributed by atoms with Crippen molar-refractivity contribution in [3.05, 3.63) is 73.0 Å². The van der Waals surface area contributed by atoms with Crippen LogP contribution in [0, 0.1) is 10.1 Å². The van der Waals surface area contributed by atoms with Gasteiger partial charge in [0.2, 0.25) is 0 Å². The molecule has 0 saturated heterocycles. The zero-order chi connectivity index (χ0) is 20.8. The number of nitrogens with one attached hydrogen (secondary N) is 1. The first-order chi connectivity index (χ1) is 13.9. The zero-order valence-corrected chi connectivity index (χ0v) is 17.3. The molecule has 0 aliphatic heterocycles. The lowest BCUT2D eigenvalue weighted by Gasteiger charge is -2.08. The summed E-state index contributed by atoms with van der Waals surface area (Å²) >= 11 is 13.3. The number of hydrogen-bond donors (Lipinski definition) is 1. The van der Waals surface area contributed by atoms with E-state index in [0.717, 1.165) is 16.3 Å². The Labute approximate surface area is 180 Å². The van der Waals surface area contributed by atoms with Crippen LogP contribution in [0.25, 0.3) is 11.3 Å². The lowest BCUT2D eigenvalue weighted by atomic mass is 10.1. The van der Waals surface area contributed by atoms with E-state index >= 15 is 0 Å². The molecule has 0 aliphatic rings. The van der Waals surface area contributed by atoms with Gasteiger partial charge < -0.3 is 10.1 Å². The van der Waals surface area contributed by atoms with Crippen LogP contribution in [-0.2, 0) is 11.2 Å². The van der Waals surface area contributed by atoms with Crippen LogP contribution < -0.4 is 10.1 Å². The summed E-state index contributed by atoms with van der Waals surface area (Å²) in [6.07, 6.45) is 0.561. The minimum absolute atomic E-state index is 0.0361. The Morgan fingerprint density at radius 1 is 1.21 bits per heavy atom. The molecule has 1 aromatic heterocycles. The normalized spacial score (nSPS) is 10.6. The van der Waals surface area contributed by atoms with E-state index in [9.17, 15) is 14.9 Å². The van der Waals surface area contributed by atoms with E-state index in [1.165, 1.54) is 23.5 Å². The van der Waals surface area contributed by atoms with Gasteiger partial charge in [-0.25, -0.2) is 4.98 Å². The number of thiazole rings is 1. The molecular formula is C19H15Cl2N3O4S. The Morgan fingerprint density at radius 2 is 1.97 bits per heavy atom. The van der Waals surface area contributed by atoms with Crippen LogP contribution in [0.5, 0.6) is 5.75 Å². The predicted molar refractivity (Wildman–Crippen MR) is 113 cm³/mol. The summed E-state index contributed by atoms with van der Waals surface area (Å²) in [7, 11) is 0. The Kier molecular flexibility index (Phi) is 7.03. The number of benzene rings is 2. The average molecular weight is 452 g/mol.